The van der Waals surface area contributed by atoms with Crippen LogP contribution in [0.4, 0.5) is 0 Å². The van der Waals surface area contributed by atoms with E-state index in [0.717, 1.165) is 45.1 Å². The van der Waals surface area contributed by atoms with E-state index in [0.29, 0.717) is 13.0 Å². The third-order valence-corrected chi connectivity index (χ3v) is 4.39. The van der Waals surface area contributed by atoms with E-state index >= 15 is 0 Å². The van der Waals surface area contributed by atoms with Crippen LogP contribution in [0.15, 0.2) is 0 Å². The normalized spacial score (nSPS) is 30.4. The maximum Gasteiger partial charge on any atom is 0.245 e. The summed E-state index contributed by atoms with van der Waals surface area (Å²) >= 11 is 0. The second-order valence-electron chi connectivity index (χ2n) is 6.13. The minimum absolute atomic E-state index is 0.00529. The van der Waals surface area contributed by atoms with Gasteiger partial charge in [0.15, 0.2) is 0 Å². The van der Waals surface area contributed by atoms with Crippen LogP contribution in [0, 0.1) is 0 Å². The monoisotopic (exact) mass is 296 g/mol. The van der Waals surface area contributed by atoms with Gasteiger partial charge in [-0.15, -0.1) is 0 Å². The van der Waals surface area contributed by atoms with Crippen LogP contribution >= 0.6 is 0 Å². The molecule has 2 fully saturated rings. The fourth-order valence-corrected chi connectivity index (χ4v) is 3.26. The Kier molecular flexibility index (Phi) is 6.03. The Morgan fingerprint density at radius 2 is 1.95 bits per heavy atom. The van der Waals surface area contributed by atoms with Gasteiger partial charge >= 0.3 is 0 Å². The number of amides is 2. The molecular weight excluding hydrogens is 268 g/mol. The summed E-state index contributed by atoms with van der Waals surface area (Å²) in [6.45, 7) is 5.42. The molecule has 2 aliphatic heterocycles. The zero-order valence-electron chi connectivity index (χ0n) is 13.3. The van der Waals surface area contributed by atoms with Crippen molar-refractivity contribution >= 4 is 11.8 Å². The lowest BCUT2D eigenvalue weighted by Crippen LogP contribution is -2.64. The van der Waals surface area contributed by atoms with Gasteiger partial charge in [0.05, 0.1) is 6.10 Å². The largest absolute Gasteiger partial charge is 0.376 e. The van der Waals surface area contributed by atoms with E-state index in [-0.39, 0.29) is 30.0 Å². The van der Waals surface area contributed by atoms with Gasteiger partial charge in [0.2, 0.25) is 11.8 Å². The molecule has 2 rings (SSSR count). The van der Waals surface area contributed by atoms with Crippen LogP contribution in [0.3, 0.4) is 0 Å². The van der Waals surface area contributed by atoms with Gasteiger partial charge in [0.1, 0.15) is 12.1 Å². The maximum atomic E-state index is 12.7. The van der Waals surface area contributed by atoms with Crippen LogP contribution < -0.4 is 5.32 Å². The second kappa shape index (κ2) is 7.78. The molecule has 0 aromatic heterocycles. The van der Waals surface area contributed by atoms with Crippen LogP contribution in [-0.2, 0) is 14.3 Å². The lowest BCUT2D eigenvalue weighted by Gasteiger charge is -2.41. The zero-order valence-corrected chi connectivity index (χ0v) is 13.3. The van der Waals surface area contributed by atoms with Crippen molar-refractivity contribution in [3.63, 3.8) is 0 Å². The van der Waals surface area contributed by atoms with E-state index in [2.05, 4.69) is 5.32 Å². The summed E-state index contributed by atoms with van der Waals surface area (Å²) in [6.07, 6.45) is 6.55. The SMILES string of the molecule is CCCC1NC(=O)C(CCC)N(CC2CCCCO2)C1=O. The molecule has 0 aromatic rings. The van der Waals surface area contributed by atoms with Crippen LogP contribution in [-0.4, -0.2) is 48.1 Å². The summed E-state index contributed by atoms with van der Waals surface area (Å²) in [4.78, 5) is 26.8. The fourth-order valence-electron chi connectivity index (χ4n) is 3.26. The van der Waals surface area contributed by atoms with Gasteiger partial charge in [0.25, 0.3) is 0 Å². The first-order valence-corrected chi connectivity index (χ1v) is 8.39. The smallest absolute Gasteiger partial charge is 0.245 e. The summed E-state index contributed by atoms with van der Waals surface area (Å²) in [5.74, 6) is 0.0785. The Balaban J connectivity index is 2.08. The highest BCUT2D eigenvalue weighted by atomic mass is 16.5. The molecule has 5 heteroatoms. The van der Waals surface area contributed by atoms with Gasteiger partial charge in [-0.25, -0.2) is 0 Å². The highest BCUT2D eigenvalue weighted by Crippen LogP contribution is 2.21. The minimum Gasteiger partial charge on any atom is -0.376 e. The topological polar surface area (TPSA) is 58.6 Å². The quantitative estimate of drug-likeness (QED) is 0.814. The highest BCUT2D eigenvalue weighted by Gasteiger charge is 2.40. The van der Waals surface area contributed by atoms with E-state index < -0.39 is 0 Å². The second-order valence-corrected chi connectivity index (χ2v) is 6.13. The van der Waals surface area contributed by atoms with Crippen molar-refractivity contribution in [1.29, 1.82) is 0 Å². The first-order valence-electron chi connectivity index (χ1n) is 8.39. The summed E-state index contributed by atoms with van der Waals surface area (Å²) in [7, 11) is 0. The standard InChI is InChI=1S/C16H28N2O3/c1-3-7-13-16(20)18(11-12-9-5-6-10-21-12)14(8-4-2)15(19)17-13/h12-14H,3-11H2,1-2H3,(H,17,19). The molecule has 3 unspecified atom stereocenters. The average molecular weight is 296 g/mol. The van der Waals surface area contributed by atoms with Crippen molar-refractivity contribution in [3.05, 3.63) is 0 Å². The Bertz CT molecular complexity index is 367. The molecule has 0 aliphatic carbocycles. The number of carbonyl (C=O) groups excluding carboxylic acids is 2. The number of piperazine rings is 1. The summed E-state index contributed by atoms with van der Waals surface area (Å²) in [5, 5.41) is 2.90. The number of rotatable bonds is 6. The first-order chi connectivity index (χ1) is 10.2. The van der Waals surface area contributed by atoms with Gasteiger partial charge in [0, 0.05) is 13.2 Å². The maximum absolute atomic E-state index is 12.7. The van der Waals surface area contributed by atoms with Gasteiger partial charge in [-0.2, -0.15) is 0 Å². The minimum atomic E-state index is -0.348. The molecule has 2 amide bonds. The predicted molar refractivity (Wildman–Crippen MR) is 80.8 cm³/mol. The number of nitrogens with one attached hydrogen (secondary N) is 1. The Labute approximate surface area is 127 Å². The van der Waals surface area contributed by atoms with Crippen molar-refractivity contribution in [2.75, 3.05) is 13.2 Å². The average Bonchev–Trinajstić information content (AvgIpc) is 2.49. The van der Waals surface area contributed by atoms with Crippen LogP contribution in [0.25, 0.3) is 0 Å². The summed E-state index contributed by atoms with van der Waals surface area (Å²) in [6, 6.07) is -0.666. The first kappa shape index (κ1) is 16.3. The Hall–Kier alpha value is -1.10. The van der Waals surface area contributed by atoms with Gasteiger partial charge in [-0.3, -0.25) is 9.59 Å². The summed E-state index contributed by atoms with van der Waals surface area (Å²) < 4.78 is 5.76. The van der Waals surface area contributed by atoms with Crippen molar-refractivity contribution in [2.45, 2.75) is 77.0 Å². The molecule has 2 saturated heterocycles. The van der Waals surface area contributed by atoms with E-state index in [1.54, 1.807) is 4.90 Å². The lowest BCUT2D eigenvalue weighted by atomic mass is 9.99. The molecule has 0 aromatic carbocycles. The third kappa shape index (κ3) is 3.96. The molecular formula is C16H28N2O3. The molecule has 1 N–H and O–H groups in total. The van der Waals surface area contributed by atoms with Crippen LogP contribution in [0.1, 0.15) is 58.8 Å². The molecule has 5 nitrogen and oxygen atoms in total. The van der Waals surface area contributed by atoms with E-state index in [4.69, 9.17) is 4.74 Å². The van der Waals surface area contributed by atoms with Crippen molar-refractivity contribution in [3.8, 4) is 0 Å². The van der Waals surface area contributed by atoms with E-state index in [1.807, 2.05) is 13.8 Å². The van der Waals surface area contributed by atoms with E-state index in [9.17, 15) is 9.59 Å². The molecule has 0 saturated carbocycles. The van der Waals surface area contributed by atoms with Crippen LogP contribution in [0.2, 0.25) is 0 Å². The molecule has 2 aliphatic rings. The van der Waals surface area contributed by atoms with Crippen molar-refractivity contribution in [1.82, 2.24) is 10.2 Å². The molecule has 2 heterocycles. The predicted octanol–water partition coefficient (Wildman–Crippen LogP) is 1.85. The highest BCUT2D eigenvalue weighted by molar-refractivity contribution is 5.96. The fraction of sp³-hybridized carbons (Fsp3) is 0.875. The number of nitrogens with zero attached hydrogens (tertiary/aromatic N) is 1. The number of carbonyl (C=O) groups is 2. The molecule has 120 valence electrons. The molecule has 0 radical (unpaired) electrons. The number of ether oxygens (including phenoxy) is 1. The number of hydrogen-bond donors (Lipinski definition) is 1. The molecule has 3 atom stereocenters. The zero-order chi connectivity index (χ0) is 15.2. The number of hydrogen-bond acceptors (Lipinski definition) is 3. The van der Waals surface area contributed by atoms with Crippen molar-refractivity contribution < 1.29 is 14.3 Å². The van der Waals surface area contributed by atoms with Crippen molar-refractivity contribution in [2.24, 2.45) is 0 Å². The van der Waals surface area contributed by atoms with E-state index in [1.165, 1.54) is 0 Å². The van der Waals surface area contributed by atoms with Crippen LogP contribution in [0.5, 0.6) is 0 Å². The van der Waals surface area contributed by atoms with Gasteiger partial charge in [-0.05, 0) is 32.1 Å². The molecule has 0 spiro atoms. The Morgan fingerprint density at radius 1 is 1.19 bits per heavy atom. The third-order valence-electron chi connectivity index (χ3n) is 4.39. The molecule has 21 heavy (non-hydrogen) atoms. The summed E-state index contributed by atoms with van der Waals surface area (Å²) in [5.41, 5.74) is 0. The van der Waals surface area contributed by atoms with Gasteiger partial charge < -0.3 is 15.0 Å². The lowest BCUT2D eigenvalue weighted by molar-refractivity contribution is -0.152. The van der Waals surface area contributed by atoms with Gasteiger partial charge in [-0.1, -0.05) is 26.7 Å². The molecule has 0 bridgehead atoms. The Morgan fingerprint density at radius 3 is 2.57 bits per heavy atom.